The molecule has 70 valence electrons. The predicted molar refractivity (Wildman–Crippen MR) is 49.8 cm³/mol. The molecule has 0 amide bonds. The molecule has 2 heteroatoms. The lowest BCUT2D eigenvalue weighted by Gasteiger charge is -2.25. The van der Waals surface area contributed by atoms with Gasteiger partial charge in [-0.2, -0.15) is 0 Å². The summed E-state index contributed by atoms with van der Waals surface area (Å²) in [4.78, 5) is 11.5. The number of Topliss-reactive ketones (excluding diaryl/α,β-unsaturated/α-hetero) is 1. The number of rotatable bonds is 5. The summed E-state index contributed by atoms with van der Waals surface area (Å²) in [5.41, 5.74) is 5.54. The molecule has 1 saturated carbocycles. The van der Waals surface area contributed by atoms with Crippen LogP contribution in [-0.2, 0) is 4.79 Å². The Morgan fingerprint density at radius 3 is 2.58 bits per heavy atom. The van der Waals surface area contributed by atoms with Crippen molar-refractivity contribution < 1.29 is 4.79 Å². The Balaban J connectivity index is 2.23. The second kappa shape index (κ2) is 4.61. The predicted octanol–water partition coefficient (Wildman–Crippen LogP) is 1.73. The fraction of sp³-hybridized carbons (Fsp3) is 0.900. The van der Waals surface area contributed by atoms with Crippen molar-refractivity contribution in [1.82, 2.24) is 0 Å². The zero-order valence-corrected chi connectivity index (χ0v) is 7.88. The van der Waals surface area contributed by atoms with Crippen LogP contribution in [0.3, 0.4) is 0 Å². The lowest BCUT2D eigenvalue weighted by atomic mass is 9.79. The first-order valence-electron chi connectivity index (χ1n) is 5.00. The van der Waals surface area contributed by atoms with Crippen molar-refractivity contribution in [2.24, 2.45) is 17.6 Å². The first kappa shape index (κ1) is 9.72. The summed E-state index contributed by atoms with van der Waals surface area (Å²) in [6, 6.07) is 0. The van der Waals surface area contributed by atoms with Crippen LogP contribution in [0.4, 0.5) is 0 Å². The maximum Gasteiger partial charge on any atom is 0.136 e. The largest absolute Gasteiger partial charge is 0.330 e. The molecular formula is C10H19NO. The summed E-state index contributed by atoms with van der Waals surface area (Å²) in [6.45, 7) is 2.76. The summed E-state index contributed by atoms with van der Waals surface area (Å²) in [6.07, 6.45) is 5.25. The van der Waals surface area contributed by atoms with E-state index in [0.29, 0.717) is 24.2 Å². The molecule has 0 aromatic carbocycles. The van der Waals surface area contributed by atoms with E-state index >= 15 is 0 Å². The molecule has 0 heterocycles. The van der Waals surface area contributed by atoms with E-state index < -0.39 is 0 Å². The highest BCUT2D eigenvalue weighted by atomic mass is 16.1. The van der Waals surface area contributed by atoms with E-state index in [9.17, 15) is 4.79 Å². The SMILES string of the molecule is CCC(CN)CC(=O)C1CCC1. The Morgan fingerprint density at radius 2 is 2.25 bits per heavy atom. The molecule has 2 nitrogen and oxygen atoms in total. The summed E-state index contributed by atoms with van der Waals surface area (Å²) >= 11 is 0. The molecule has 1 aliphatic rings. The number of hydrogen-bond acceptors (Lipinski definition) is 2. The molecule has 12 heavy (non-hydrogen) atoms. The Hall–Kier alpha value is -0.370. The maximum atomic E-state index is 11.5. The van der Waals surface area contributed by atoms with Crippen molar-refractivity contribution in [1.29, 1.82) is 0 Å². The molecule has 0 aromatic heterocycles. The van der Waals surface area contributed by atoms with Crippen molar-refractivity contribution in [3.63, 3.8) is 0 Å². The molecule has 1 fully saturated rings. The van der Waals surface area contributed by atoms with Gasteiger partial charge in [-0.1, -0.05) is 19.8 Å². The second-order valence-electron chi connectivity index (χ2n) is 3.81. The molecule has 0 bridgehead atoms. The zero-order valence-electron chi connectivity index (χ0n) is 7.88. The fourth-order valence-corrected chi connectivity index (χ4v) is 1.58. The summed E-state index contributed by atoms with van der Waals surface area (Å²) in [5, 5.41) is 0. The van der Waals surface area contributed by atoms with Crippen molar-refractivity contribution in [2.45, 2.75) is 39.0 Å². The van der Waals surface area contributed by atoms with Gasteiger partial charge in [-0.25, -0.2) is 0 Å². The van der Waals surface area contributed by atoms with Crippen molar-refractivity contribution in [3.8, 4) is 0 Å². The number of carbonyl (C=O) groups excluding carboxylic acids is 1. The molecule has 0 radical (unpaired) electrons. The van der Waals surface area contributed by atoms with E-state index in [1.54, 1.807) is 0 Å². The molecule has 1 rings (SSSR count). The van der Waals surface area contributed by atoms with Gasteiger partial charge < -0.3 is 5.73 Å². The standard InChI is InChI=1S/C10H19NO/c1-2-8(7-11)6-10(12)9-4-3-5-9/h8-9H,2-7,11H2,1H3. The van der Waals surface area contributed by atoms with E-state index in [-0.39, 0.29) is 0 Å². The molecule has 0 aliphatic heterocycles. The first-order valence-corrected chi connectivity index (χ1v) is 5.00. The van der Waals surface area contributed by atoms with Crippen LogP contribution in [0.1, 0.15) is 39.0 Å². The van der Waals surface area contributed by atoms with E-state index in [2.05, 4.69) is 6.92 Å². The van der Waals surface area contributed by atoms with Crippen molar-refractivity contribution in [3.05, 3.63) is 0 Å². The normalized spacial score (nSPS) is 20.2. The monoisotopic (exact) mass is 169 g/mol. The Kier molecular flexibility index (Phi) is 3.73. The number of ketones is 1. The Bertz CT molecular complexity index is 148. The molecule has 0 saturated heterocycles. The van der Waals surface area contributed by atoms with Crippen LogP contribution in [0.5, 0.6) is 0 Å². The average Bonchev–Trinajstić information content (AvgIpc) is 1.96. The van der Waals surface area contributed by atoms with Gasteiger partial charge in [0.2, 0.25) is 0 Å². The highest BCUT2D eigenvalue weighted by molar-refractivity contribution is 5.81. The smallest absolute Gasteiger partial charge is 0.136 e. The lowest BCUT2D eigenvalue weighted by Crippen LogP contribution is -2.26. The van der Waals surface area contributed by atoms with E-state index in [0.717, 1.165) is 25.7 Å². The van der Waals surface area contributed by atoms with Crippen LogP contribution in [-0.4, -0.2) is 12.3 Å². The highest BCUT2D eigenvalue weighted by Gasteiger charge is 2.26. The highest BCUT2D eigenvalue weighted by Crippen LogP contribution is 2.29. The van der Waals surface area contributed by atoms with Gasteiger partial charge in [0.05, 0.1) is 0 Å². The van der Waals surface area contributed by atoms with Crippen LogP contribution in [0, 0.1) is 11.8 Å². The molecule has 0 spiro atoms. The minimum absolute atomic E-state index is 0.394. The Morgan fingerprint density at radius 1 is 1.58 bits per heavy atom. The van der Waals surface area contributed by atoms with Crippen LogP contribution >= 0.6 is 0 Å². The fourth-order valence-electron chi connectivity index (χ4n) is 1.58. The summed E-state index contributed by atoms with van der Waals surface area (Å²) in [7, 11) is 0. The van der Waals surface area contributed by atoms with Crippen LogP contribution < -0.4 is 5.73 Å². The van der Waals surface area contributed by atoms with Crippen molar-refractivity contribution >= 4 is 5.78 Å². The van der Waals surface area contributed by atoms with Gasteiger partial charge in [0.1, 0.15) is 5.78 Å². The second-order valence-corrected chi connectivity index (χ2v) is 3.81. The van der Waals surface area contributed by atoms with Gasteiger partial charge in [-0.3, -0.25) is 4.79 Å². The van der Waals surface area contributed by atoms with E-state index in [1.165, 1.54) is 6.42 Å². The summed E-state index contributed by atoms with van der Waals surface area (Å²) < 4.78 is 0. The molecule has 0 aromatic rings. The molecular weight excluding hydrogens is 150 g/mol. The maximum absolute atomic E-state index is 11.5. The topological polar surface area (TPSA) is 43.1 Å². The zero-order chi connectivity index (χ0) is 8.97. The quantitative estimate of drug-likeness (QED) is 0.681. The van der Waals surface area contributed by atoms with Gasteiger partial charge in [0.25, 0.3) is 0 Å². The van der Waals surface area contributed by atoms with Gasteiger partial charge >= 0.3 is 0 Å². The van der Waals surface area contributed by atoms with Gasteiger partial charge in [0.15, 0.2) is 0 Å². The molecule has 1 atom stereocenters. The number of hydrogen-bond donors (Lipinski definition) is 1. The van der Waals surface area contributed by atoms with Gasteiger partial charge in [-0.15, -0.1) is 0 Å². The first-order chi connectivity index (χ1) is 5.77. The van der Waals surface area contributed by atoms with Gasteiger partial charge in [0, 0.05) is 12.3 Å². The van der Waals surface area contributed by atoms with Crippen LogP contribution in [0.15, 0.2) is 0 Å². The number of nitrogens with two attached hydrogens (primary N) is 1. The molecule has 1 aliphatic carbocycles. The Labute approximate surface area is 74.5 Å². The third kappa shape index (κ3) is 2.31. The average molecular weight is 169 g/mol. The molecule has 2 N–H and O–H groups in total. The minimum atomic E-state index is 0.394. The van der Waals surface area contributed by atoms with Crippen LogP contribution in [0.25, 0.3) is 0 Å². The number of carbonyl (C=O) groups is 1. The van der Waals surface area contributed by atoms with E-state index in [4.69, 9.17) is 5.73 Å². The van der Waals surface area contributed by atoms with Crippen molar-refractivity contribution in [2.75, 3.05) is 6.54 Å². The minimum Gasteiger partial charge on any atom is -0.330 e. The van der Waals surface area contributed by atoms with E-state index in [1.807, 2.05) is 0 Å². The van der Waals surface area contributed by atoms with Crippen LogP contribution in [0.2, 0.25) is 0 Å². The lowest BCUT2D eigenvalue weighted by molar-refractivity contribution is -0.126. The summed E-state index contributed by atoms with van der Waals surface area (Å²) in [5.74, 6) is 1.28. The molecule has 1 unspecified atom stereocenters. The van der Waals surface area contributed by atoms with Gasteiger partial charge in [-0.05, 0) is 25.3 Å². The third-order valence-corrected chi connectivity index (χ3v) is 2.96. The third-order valence-electron chi connectivity index (χ3n) is 2.96.